The smallest absolute Gasteiger partial charge is 0.181 e. The first-order valence-corrected chi connectivity index (χ1v) is 7.33. The van der Waals surface area contributed by atoms with Gasteiger partial charge in [0.25, 0.3) is 0 Å². The molecule has 2 aromatic rings. The number of rotatable bonds is 2. The molecule has 23 heavy (non-hydrogen) atoms. The van der Waals surface area contributed by atoms with Crippen LogP contribution in [0.5, 0.6) is 0 Å². The fraction of sp³-hybridized carbons (Fsp3) is 0.200. The second-order valence-corrected chi connectivity index (χ2v) is 5.68. The lowest BCUT2D eigenvalue weighted by Gasteiger charge is -2.33. The summed E-state index contributed by atoms with van der Waals surface area (Å²) in [5, 5.41) is 4.46. The number of halogens is 2. The molecule has 1 atom stereocenters. The molecule has 1 unspecified atom stereocenters. The van der Waals surface area contributed by atoms with Gasteiger partial charge in [0.2, 0.25) is 0 Å². The third-order valence-electron chi connectivity index (χ3n) is 3.48. The summed E-state index contributed by atoms with van der Waals surface area (Å²) in [6.45, 7) is 3.81. The maximum atomic E-state index is 13.5. The van der Waals surface area contributed by atoms with Gasteiger partial charge in [-0.2, -0.15) is 5.10 Å². The van der Waals surface area contributed by atoms with Crippen molar-refractivity contribution in [2.75, 3.05) is 4.90 Å². The van der Waals surface area contributed by atoms with Gasteiger partial charge in [0.05, 0.1) is 10.7 Å². The zero-order valence-electron chi connectivity index (χ0n) is 12.7. The van der Waals surface area contributed by atoms with Crippen molar-refractivity contribution in [1.29, 1.82) is 0 Å². The van der Waals surface area contributed by atoms with Gasteiger partial charge in [-0.15, -0.1) is 0 Å². The van der Waals surface area contributed by atoms with Crippen molar-refractivity contribution in [3.63, 3.8) is 0 Å². The van der Waals surface area contributed by atoms with Crippen LogP contribution in [0.15, 0.2) is 35.3 Å². The van der Waals surface area contributed by atoms with Gasteiger partial charge in [-0.05, 0) is 38.1 Å². The van der Waals surface area contributed by atoms with E-state index in [1.54, 1.807) is 21.7 Å². The van der Waals surface area contributed by atoms with Gasteiger partial charge >= 0.3 is 0 Å². The molecule has 1 aliphatic rings. The van der Waals surface area contributed by atoms with Gasteiger partial charge in [-0.25, -0.2) is 14.1 Å². The van der Waals surface area contributed by atoms with Crippen LogP contribution in [0.4, 0.5) is 10.1 Å². The highest BCUT2D eigenvalue weighted by molar-refractivity contribution is 6.31. The SMILES string of the molecule is Cc1cc(C)n(C2=CC(N)=NC(N)N2c2ccc(F)c(Cl)c2)n1. The maximum absolute atomic E-state index is 13.5. The molecular formula is C15H16ClFN6. The third-order valence-corrected chi connectivity index (χ3v) is 3.77. The van der Waals surface area contributed by atoms with E-state index in [9.17, 15) is 4.39 Å². The number of nitrogens with two attached hydrogens (primary N) is 2. The van der Waals surface area contributed by atoms with Gasteiger partial charge in [-0.3, -0.25) is 10.6 Å². The predicted octanol–water partition coefficient (Wildman–Crippen LogP) is 2.21. The van der Waals surface area contributed by atoms with Crippen LogP contribution >= 0.6 is 11.6 Å². The number of aryl methyl sites for hydroxylation is 2. The van der Waals surface area contributed by atoms with E-state index in [4.69, 9.17) is 23.1 Å². The van der Waals surface area contributed by atoms with Crippen molar-refractivity contribution in [2.45, 2.75) is 20.1 Å². The van der Waals surface area contributed by atoms with E-state index in [2.05, 4.69) is 10.1 Å². The monoisotopic (exact) mass is 334 g/mol. The Hall–Kier alpha value is -2.38. The quantitative estimate of drug-likeness (QED) is 0.881. The zero-order valence-corrected chi connectivity index (χ0v) is 13.4. The first-order chi connectivity index (χ1) is 10.9. The van der Waals surface area contributed by atoms with Crippen molar-refractivity contribution < 1.29 is 4.39 Å². The minimum Gasteiger partial charge on any atom is -0.384 e. The first-order valence-electron chi connectivity index (χ1n) is 6.95. The van der Waals surface area contributed by atoms with E-state index in [1.807, 2.05) is 19.9 Å². The second-order valence-electron chi connectivity index (χ2n) is 5.28. The Labute approximate surface area is 137 Å². The molecule has 0 saturated carbocycles. The van der Waals surface area contributed by atoms with Crippen LogP contribution in [0.25, 0.3) is 5.82 Å². The van der Waals surface area contributed by atoms with E-state index in [0.29, 0.717) is 17.3 Å². The van der Waals surface area contributed by atoms with Crippen LogP contribution < -0.4 is 16.4 Å². The lowest BCUT2D eigenvalue weighted by atomic mass is 10.2. The summed E-state index contributed by atoms with van der Waals surface area (Å²) in [5.74, 6) is 0.420. The Morgan fingerprint density at radius 2 is 2.00 bits per heavy atom. The molecular weight excluding hydrogens is 319 g/mol. The van der Waals surface area contributed by atoms with Crippen molar-refractivity contribution in [3.05, 3.63) is 52.6 Å². The first kappa shape index (κ1) is 15.5. The molecule has 2 heterocycles. The van der Waals surface area contributed by atoms with Gasteiger partial charge in [-0.1, -0.05) is 11.6 Å². The molecule has 1 aromatic heterocycles. The lowest BCUT2D eigenvalue weighted by Crippen LogP contribution is -2.45. The van der Waals surface area contributed by atoms with E-state index in [-0.39, 0.29) is 5.02 Å². The molecule has 3 rings (SSSR count). The molecule has 0 saturated heterocycles. The Kier molecular flexibility index (Phi) is 3.83. The summed E-state index contributed by atoms with van der Waals surface area (Å²) in [5.41, 5.74) is 14.3. The number of aromatic nitrogens is 2. The summed E-state index contributed by atoms with van der Waals surface area (Å²) >= 11 is 5.89. The van der Waals surface area contributed by atoms with Gasteiger partial charge in [0, 0.05) is 17.5 Å². The summed E-state index contributed by atoms with van der Waals surface area (Å²) in [4.78, 5) is 5.84. The van der Waals surface area contributed by atoms with Crippen LogP contribution in [-0.4, -0.2) is 21.9 Å². The molecule has 8 heteroatoms. The Balaban J connectivity index is 2.14. The maximum Gasteiger partial charge on any atom is 0.181 e. The van der Waals surface area contributed by atoms with Crippen LogP contribution in [0.1, 0.15) is 11.4 Å². The highest BCUT2D eigenvalue weighted by Crippen LogP contribution is 2.30. The predicted molar refractivity (Wildman–Crippen MR) is 89.5 cm³/mol. The fourth-order valence-electron chi connectivity index (χ4n) is 2.53. The molecule has 0 fully saturated rings. The molecule has 1 aromatic carbocycles. The standard InChI is InChI=1S/C15H16ClFN6/c1-8-5-9(2)23(21-8)14-7-13(18)20-15(19)22(14)10-3-4-12(17)11(16)6-10/h3-7,15H,19H2,1-2H3,(H2,18,20). The number of benzene rings is 1. The van der Waals surface area contributed by atoms with E-state index in [0.717, 1.165) is 11.4 Å². The summed E-state index contributed by atoms with van der Waals surface area (Å²) < 4.78 is 15.2. The van der Waals surface area contributed by atoms with Crippen molar-refractivity contribution in [3.8, 4) is 0 Å². The molecule has 4 N–H and O–H groups in total. The molecule has 0 spiro atoms. The lowest BCUT2D eigenvalue weighted by molar-refractivity contribution is 0.626. The van der Waals surface area contributed by atoms with Crippen LogP contribution in [0, 0.1) is 19.7 Å². The van der Waals surface area contributed by atoms with Crippen molar-refractivity contribution in [1.82, 2.24) is 9.78 Å². The van der Waals surface area contributed by atoms with Crippen LogP contribution in [0.2, 0.25) is 5.02 Å². The molecule has 0 amide bonds. The molecule has 0 aliphatic carbocycles. The van der Waals surface area contributed by atoms with E-state index in [1.165, 1.54) is 12.1 Å². The van der Waals surface area contributed by atoms with E-state index >= 15 is 0 Å². The number of nitrogens with zero attached hydrogens (tertiary/aromatic N) is 4. The molecule has 6 nitrogen and oxygen atoms in total. The highest BCUT2D eigenvalue weighted by atomic mass is 35.5. The van der Waals surface area contributed by atoms with Crippen LogP contribution in [0.3, 0.4) is 0 Å². The number of amidine groups is 1. The van der Waals surface area contributed by atoms with Crippen molar-refractivity contribution >= 4 is 28.9 Å². The molecule has 120 valence electrons. The summed E-state index contributed by atoms with van der Waals surface area (Å²) in [6.07, 6.45) is 0.903. The Morgan fingerprint density at radius 3 is 2.61 bits per heavy atom. The second kappa shape index (κ2) is 5.68. The average molecular weight is 335 g/mol. The summed E-state index contributed by atoms with van der Waals surface area (Å²) in [6, 6.07) is 6.29. The minimum atomic E-state index is -0.763. The van der Waals surface area contributed by atoms with Crippen molar-refractivity contribution in [2.24, 2.45) is 16.5 Å². The van der Waals surface area contributed by atoms with Gasteiger partial charge in [0.15, 0.2) is 6.29 Å². The normalized spacial score (nSPS) is 18.0. The minimum absolute atomic E-state index is 0.00458. The number of hydrogen-bond acceptors (Lipinski definition) is 5. The number of anilines is 1. The Bertz CT molecular complexity index is 825. The topological polar surface area (TPSA) is 85.5 Å². The number of hydrogen-bond donors (Lipinski definition) is 2. The van der Waals surface area contributed by atoms with Crippen LogP contribution in [-0.2, 0) is 0 Å². The third kappa shape index (κ3) is 2.80. The molecule has 0 radical (unpaired) electrons. The molecule has 0 bridgehead atoms. The molecule has 1 aliphatic heterocycles. The largest absolute Gasteiger partial charge is 0.384 e. The number of aliphatic imine (C=N–C) groups is 1. The Morgan fingerprint density at radius 1 is 1.26 bits per heavy atom. The zero-order chi connectivity index (χ0) is 16.7. The average Bonchev–Trinajstić information content (AvgIpc) is 2.80. The van der Waals surface area contributed by atoms with Gasteiger partial charge < -0.3 is 5.73 Å². The fourth-order valence-corrected chi connectivity index (χ4v) is 2.70. The highest BCUT2D eigenvalue weighted by Gasteiger charge is 2.26. The van der Waals surface area contributed by atoms with Gasteiger partial charge in [0.1, 0.15) is 17.5 Å². The summed E-state index contributed by atoms with van der Waals surface area (Å²) in [7, 11) is 0. The van der Waals surface area contributed by atoms with E-state index < -0.39 is 12.1 Å².